The number of esters is 1. The third-order valence-corrected chi connectivity index (χ3v) is 6.11. The van der Waals surface area contributed by atoms with Gasteiger partial charge in [0.2, 0.25) is 5.91 Å². The molecule has 2 aromatic rings. The third kappa shape index (κ3) is 4.11. The van der Waals surface area contributed by atoms with E-state index in [9.17, 15) is 9.59 Å². The summed E-state index contributed by atoms with van der Waals surface area (Å²) in [6.45, 7) is 0. The minimum Gasteiger partial charge on any atom is -0.465 e. The van der Waals surface area contributed by atoms with Gasteiger partial charge in [0.05, 0.1) is 22.7 Å². The molecule has 0 aliphatic heterocycles. The number of ether oxygens (including phenoxy) is 1. The summed E-state index contributed by atoms with van der Waals surface area (Å²) in [5.74, 6) is -0.729. The first-order chi connectivity index (χ1) is 12.5. The Hall–Kier alpha value is -1.82. The summed E-state index contributed by atoms with van der Waals surface area (Å²) in [5.41, 5.74) is 2.26. The van der Waals surface area contributed by atoms with Crippen LogP contribution in [0, 0.1) is 0 Å². The van der Waals surface area contributed by atoms with Crippen molar-refractivity contribution in [1.82, 2.24) is 0 Å². The van der Waals surface area contributed by atoms with Crippen LogP contribution in [-0.4, -0.2) is 19.0 Å². The van der Waals surface area contributed by atoms with Crippen molar-refractivity contribution in [3.63, 3.8) is 0 Å². The Labute approximate surface area is 165 Å². The van der Waals surface area contributed by atoms with Crippen LogP contribution in [0.3, 0.4) is 0 Å². The third-order valence-electron chi connectivity index (χ3n) is 4.17. The number of methoxy groups -OCH3 is 1. The number of benzene rings is 1. The van der Waals surface area contributed by atoms with Gasteiger partial charge >= 0.3 is 5.97 Å². The van der Waals surface area contributed by atoms with Gasteiger partial charge in [0, 0.05) is 11.0 Å². The Morgan fingerprint density at radius 2 is 1.96 bits per heavy atom. The lowest BCUT2D eigenvalue weighted by Gasteiger charge is -2.11. The second kappa shape index (κ2) is 8.25. The largest absolute Gasteiger partial charge is 0.465 e. The molecule has 0 bridgehead atoms. The SMILES string of the molecule is COC(=O)c1c(NC(=O)/C=C/c2ccc(Cl)c(Cl)c2)sc2c1CCCC2. The highest BCUT2D eigenvalue weighted by Crippen LogP contribution is 2.38. The van der Waals surface area contributed by atoms with Crippen molar-refractivity contribution in [2.24, 2.45) is 0 Å². The second-order valence-corrected chi connectivity index (χ2v) is 7.82. The molecule has 0 saturated carbocycles. The summed E-state index contributed by atoms with van der Waals surface area (Å²) in [5, 5.41) is 4.24. The fourth-order valence-electron chi connectivity index (χ4n) is 2.91. The van der Waals surface area contributed by atoms with Crippen molar-refractivity contribution in [2.75, 3.05) is 12.4 Å². The smallest absolute Gasteiger partial charge is 0.341 e. The maximum atomic E-state index is 12.3. The number of hydrogen-bond acceptors (Lipinski definition) is 4. The van der Waals surface area contributed by atoms with Crippen molar-refractivity contribution in [3.05, 3.63) is 55.9 Å². The van der Waals surface area contributed by atoms with Crippen LogP contribution in [0.15, 0.2) is 24.3 Å². The molecule has 0 unspecified atom stereocenters. The Morgan fingerprint density at radius 1 is 1.19 bits per heavy atom. The number of rotatable bonds is 4. The molecule has 1 aromatic heterocycles. The van der Waals surface area contributed by atoms with E-state index in [-0.39, 0.29) is 5.91 Å². The summed E-state index contributed by atoms with van der Waals surface area (Å²) in [7, 11) is 1.35. The molecule has 7 heteroatoms. The molecular weight excluding hydrogens is 393 g/mol. The molecule has 4 nitrogen and oxygen atoms in total. The van der Waals surface area contributed by atoms with Crippen molar-refractivity contribution >= 4 is 57.5 Å². The lowest BCUT2D eigenvalue weighted by atomic mass is 9.95. The molecule has 0 fully saturated rings. The van der Waals surface area contributed by atoms with Crippen LogP contribution in [-0.2, 0) is 22.4 Å². The Bertz CT molecular complexity index is 889. The first-order valence-electron chi connectivity index (χ1n) is 8.16. The van der Waals surface area contributed by atoms with E-state index in [0.717, 1.165) is 41.7 Å². The van der Waals surface area contributed by atoms with Gasteiger partial charge in [-0.05, 0) is 55.0 Å². The summed E-state index contributed by atoms with van der Waals surface area (Å²) in [6, 6.07) is 5.11. The highest BCUT2D eigenvalue weighted by atomic mass is 35.5. The summed E-state index contributed by atoms with van der Waals surface area (Å²) in [6.07, 6.45) is 6.95. The first kappa shape index (κ1) is 19.0. The number of carbonyl (C=O) groups excluding carboxylic acids is 2. The molecule has 1 aliphatic rings. The zero-order valence-electron chi connectivity index (χ0n) is 14.1. The van der Waals surface area contributed by atoms with E-state index < -0.39 is 5.97 Å². The van der Waals surface area contributed by atoms with Gasteiger partial charge in [0.25, 0.3) is 0 Å². The Kier molecular flexibility index (Phi) is 6.01. The fourth-order valence-corrected chi connectivity index (χ4v) is 4.50. The fraction of sp³-hybridized carbons (Fsp3) is 0.263. The normalized spacial score (nSPS) is 13.5. The van der Waals surface area contributed by atoms with Crippen LogP contribution < -0.4 is 5.32 Å². The predicted octanol–water partition coefficient (Wildman–Crippen LogP) is 5.37. The minimum atomic E-state index is -0.409. The molecule has 1 amide bonds. The van der Waals surface area contributed by atoms with Crippen LogP contribution in [0.5, 0.6) is 0 Å². The minimum absolute atomic E-state index is 0.320. The summed E-state index contributed by atoms with van der Waals surface area (Å²) >= 11 is 13.3. The van der Waals surface area contributed by atoms with Gasteiger partial charge in [0.15, 0.2) is 0 Å². The van der Waals surface area contributed by atoms with Gasteiger partial charge in [-0.2, -0.15) is 0 Å². The van der Waals surface area contributed by atoms with E-state index in [0.29, 0.717) is 20.6 Å². The van der Waals surface area contributed by atoms with Gasteiger partial charge < -0.3 is 10.1 Å². The average Bonchev–Trinajstić information content (AvgIpc) is 2.99. The maximum Gasteiger partial charge on any atom is 0.341 e. The molecule has 1 heterocycles. The van der Waals surface area contributed by atoms with Crippen LogP contribution >= 0.6 is 34.5 Å². The number of amides is 1. The van der Waals surface area contributed by atoms with Gasteiger partial charge in [-0.1, -0.05) is 29.3 Å². The number of halogens is 2. The van der Waals surface area contributed by atoms with E-state index >= 15 is 0 Å². The molecule has 1 aliphatic carbocycles. The van der Waals surface area contributed by atoms with Crippen molar-refractivity contribution < 1.29 is 14.3 Å². The molecule has 26 heavy (non-hydrogen) atoms. The van der Waals surface area contributed by atoms with Gasteiger partial charge in [-0.25, -0.2) is 4.79 Å². The molecule has 0 atom stereocenters. The maximum absolute atomic E-state index is 12.3. The number of nitrogens with one attached hydrogen (secondary N) is 1. The number of fused-ring (bicyclic) bond motifs is 1. The van der Waals surface area contributed by atoms with E-state index in [1.165, 1.54) is 24.5 Å². The molecule has 0 spiro atoms. The van der Waals surface area contributed by atoms with Crippen LogP contribution in [0.25, 0.3) is 6.08 Å². The molecule has 3 rings (SSSR count). The van der Waals surface area contributed by atoms with Crippen LogP contribution in [0.1, 0.15) is 39.2 Å². The zero-order chi connectivity index (χ0) is 18.7. The first-order valence-corrected chi connectivity index (χ1v) is 9.74. The molecule has 1 N–H and O–H groups in total. The standard InChI is InChI=1S/C19H17Cl2NO3S/c1-25-19(24)17-12-4-2-3-5-15(12)26-18(17)22-16(23)9-7-11-6-8-13(20)14(21)10-11/h6-10H,2-5H2,1H3,(H,22,23)/b9-7+. The molecule has 0 radical (unpaired) electrons. The average molecular weight is 410 g/mol. The number of aryl methyl sites for hydroxylation is 1. The lowest BCUT2D eigenvalue weighted by Crippen LogP contribution is -2.13. The van der Waals surface area contributed by atoms with Gasteiger partial charge in [0.1, 0.15) is 5.00 Å². The van der Waals surface area contributed by atoms with E-state index in [1.807, 2.05) is 0 Å². The topological polar surface area (TPSA) is 55.4 Å². The van der Waals surface area contributed by atoms with Crippen LogP contribution in [0.4, 0.5) is 5.00 Å². The van der Waals surface area contributed by atoms with Gasteiger partial charge in [-0.15, -0.1) is 11.3 Å². The van der Waals surface area contributed by atoms with E-state index in [2.05, 4.69) is 5.32 Å². The van der Waals surface area contributed by atoms with Crippen molar-refractivity contribution in [3.8, 4) is 0 Å². The monoisotopic (exact) mass is 409 g/mol. The highest BCUT2D eigenvalue weighted by Gasteiger charge is 2.26. The van der Waals surface area contributed by atoms with E-state index in [4.69, 9.17) is 27.9 Å². The second-order valence-electron chi connectivity index (χ2n) is 5.90. The highest BCUT2D eigenvalue weighted by molar-refractivity contribution is 7.17. The summed E-state index contributed by atoms with van der Waals surface area (Å²) in [4.78, 5) is 25.6. The van der Waals surface area contributed by atoms with E-state index in [1.54, 1.807) is 24.3 Å². The number of anilines is 1. The van der Waals surface area contributed by atoms with Gasteiger partial charge in [-0.3, -0.25) is 4.79 Å². The molecular formula is C19H17Cl2NO3S. The Balaban J connectivity index is 1.80. The number of thiophene rings is 1. The number of hydrogen-bond donors (Lipinski definition) is 1. The quantitative estimate of drug-likeness (QED) is 0.545. The molecule has 136 valence electrons. The lowest BCUT2D eigenvalue weighted by molar-refractivity contribution is -0.111. The van der Waals surface area contributed by atoms with Crippen molar-refractivity contribution in [2.45, 2.75) is 25.7 Å². The van der Waals surface area contributed by atoms with Crippen molar-refractivity contribution in [1.29, 1.82) is 0 Å². The van der Waals surface area contributed by atoms with Crippen LogP contribution in [0.2, 0.25) is 10.0 Å². The Morgan fingerprint density at radius 3 is 2.69 bits per heavy atom. The molecule has 0 saturated heterocycles. The zero-order valence-corrected chi connectivity index (χ0v) is 16.4. The number of carbonyl (C=O) groups is 2. The summed E-state index contributed by atoms with van der Waals surface area (Å²) < 4.78 is 4.91. The predicted molar refractivity (Wildman–Crippen MR) is 106 cm³/mol. The molecule has 1 aromatic carbocycles.